The lowest BCUT2D eigenvalue weighted by molar-refractivity contribution is 0.175. The van der Waals surface area contributed by atoms with Crippen LogP contribution < -0.4 is 16.6 Å². The third kappa shape index (κ3) is 2.46. The van der Waals surface area contributed by atoms with Crippen LogP contribution in [-0.2, 0) is 13.6 Å². The van der Waals surface area contributed by atoms with E-state index in [2.05, 4.69) is 15.3 Å². The smallest absolute Gasteiger partial charge is 0.329 e. The Kier molecular flexibility index (Phi) is 3.93. The van der Waals surface area contributed by atoms with Crippen molar-refractivity contribution in [2.75, 3.05) is 11.9 Å². The molecule has 110 valence electrons. The molecule has 0 radical (unpaired) electrons. The lowest BCUT2D eigenvalue weighted by Crippen LogP contribution is -2.29. The number of aromatic amines is 1. The highest BCUT2D eigenvalue weighted by Gasteiger charge is 2.17. The molecule has 2 rings (SSSR count). The van der Waals surface area contributed by atoms with Crippen molar-refractivity contribution in [1.29, 1.82) is 0 Å². The molecule has 1 unspecified atom stereocenters. The minimum absolute atomic E-state index is 0.226. The topological polar surface area (TPSA) is 105 Å². The molecule has 0 aliphatic rings. The van der Waals surface area contributed by atoms with E-state index in [0.717, 1.165) is 6.42 Å². The van der Waals surface area contributed by atoms with Gasteiger partial charge >= 0.3 is 5.69 Å². The highest BCUT2D eigenvalue weighted by atomic mass is 16.3. The summed E-state index contributed by atoms with van der Waals surface area (Å²) in [5, 5.41) is 12.7. The number of hydrogen-bond acceptors (Lipinski definition) is 5. The lowest BCUT2D eigenvalue weighted by atomic mass is 10.4. The first-order valence-electron chi connectivity index (χ1n) is 6.57. The Morgan fingerprint density at radius 1 is 1.45 bits per heavy atom. The van der Waals surface area contributed by atoms with Crippen LogP contribution in [0.1, 0.15) is 20.3 Å². The van der Waals surface area contributed by atoms with Gasteiger partial charge in [-0.25, -0.2) is 4.79 Å². The number of fused-ring (bicyclic) bond motifs is 1. The summed E-state index contributed by atoms with van der Waals surface area (Å²) in [5.41, 5.74) is -0.420. The normalized spacial score (nSPS) is 12.8. The number of anilines is 1. The van der Waals surface area contributed by atoms with Crippen LogP contribution >= 0.6 is 0 Å². The predicted molar refractivity (Wildman–Crippen MR) is 76.1 cm³/mol. The van der Waals surface area contributed by atoms with Crippen molar-refractivity contribution >= 4 is 17.1 Å². The molecular weight excluding hydrogens is 262 g/mol. The number of rotatable bonds is 5. The van der Waals surface area contributed by atoms with E-state index in [-0.39, 0.29) is 12.1 Å². The molecule has 0 spiro atoms. The molecule has 1 atom stereocenters. The Morgan fingerprint density at radius 2 is 2.15 bits per heavy atom. The van der Waals surface area contributed by atoms with Gasteiger partial charge < -0.3 is 15.0 Å². The van der Waals surface area contributed by atoms with E-state index in [0.29, 0.717) is 18.1 Å². The molecule has 0 fully saturated rings. The van der Waals surface area contributed by atoms with Gasteiger partial charge in [-0.3, -0.25) is 14.3 Å². The molecule has 2 heterocycles. The van der Waals surface area contributed by atoms with Crippen LogP contribution in [0.4, 0.5) is 5.95 Å². The van der Waals surface area contributed by atoms with Gasteiger partial charge in [-0.15, -0.1) is 0 Å². The number of hydrogen-bond donors (Lipinski definition) is 3. The quantitative estimate of drug-likeness (QED) is 0.693. The van der Waals surface area contributed by atoms with E-state index >= 15 is 0 Å². The van der Waals surface area contributed by atoms with Crippen LogP contribution in [0.15, 0.2) is 9.59 Å². The summed E-state index contributed by atoms with van der Waals surface area (Å²) in [4.78, 5) is 30.2. The second-order valence-corrected chi connectivity index (χ2v) is 4.81. The van der Waals surface area contributed by atoms with Crippen molar-refractivity contribution in [2.24, 2.45) is 7.05 Å². The fourth-order valence-electron chi connectivity index (χ4n) is 2.05. The predicted octanol–water partition coefficient (Wildman–Crippen LogP) is -0.374. The molecule has 0 aromatic carbocycles. The first-order valence-corrected chi connectivity index (χ1v) is 6.57. The minimum Gasteiger partial charge on any atom is -0.392 e. The summed E-state index contributed by atoms with van der Waals surface area (Å²) in [7, 11) is 1.55. The Balaban J connectivity index is 2.72. The van der Waals surface area contributed by atoms with Gasteiger partial charge in [-0.2, -0.15) is 4.98 Å². The van der Waals surface area contributed by atoms with Crippen molar-refractivity contribution < 1.29 is 5.11 Å². The molecule has 0 saturated carbocycles. The minimum atomic E-state index is -0.633. The molecule has 2 aromatic heterocycles. The molecule has 0 saturated heterocycles. The van der Waals surface area contributed by atoms with Gasteiger partial charge in [0, 0.05) is 13.6 Å². The Labute approximate surface area is 115 Å². The lowest BCUT2D eigenvalue weighted by Gasteiger charge is -2.11. The Morgan fingerprint density at radius 3 is 2.75 bits per heavy atom. The van der Waals surface area contributed by atoms with E-state index in [9.17, 15) is 14.7 Å². The average Bonchev–Trinajstić information content (AvgIpc) is 2.72. The van der Waals surface area contributed by atoms with Crippen molar-refractivity contribution in [3.63, 3.8) is 0 Å². The van der Waals surface area contributed by atoms with Gasteiger partial charge in [0.25, 0.3) is 5.56 Å². The molecule has 0 amide bonds. The number of H-pyrrole nitrogens is 1. The molecular formula is C12H19N5O3. The van der Waals surface area contributed by atoms with Gasteiger partial charge in [-0.1, -0.05) is 6.92 Å². The summed E-state index contributed by atoms with van der Waals surface area (Å²) >= 11 is 0. The molecule has 20 heavy (non-hydrogen) atoms. The molecule has 2 aromatic rings. The van der Waals surface area contributed by atoms with Crippen molar-refractivity contribution in [3.8, 4) is 0 Å². The summed E-state index contributed by atoms with van der Waals surface area (Å²) in [6, 6.07) is 0. The fraction of sp³-hybridized carbons (Fsp3) is 0.583. The van der Waals surface area contributed by atoms with Crippen LogP contribution in [0.2, 0.25) is 0 Å². The largest absolute Gasteiger partial charge is 0.392 e. The van der Waals surface area contributed by atoms with Gasteiger partial charge in [-0.05, 0) is 13.3 Å². The molecule has 8 nitrogen and oxygen atoms in total. The molecule has 3 N–H and O–H groups in total. The van der Waals surface area contributed by atoms with Crippen LogP contribution in [0.5, 0.6) is 0 Å². The van der Waals surface area contributed by atoms with Crippen molar-refractivity contribution in [2.45, 2.75) is 32.9 Å². The Bertz CT molecular complexity index is 725. The average molecular weight is 281 g/mol. The number of aliphatic hydroxyl groups excluding tert-OH is 1. The van der Waals surface area contributed by atoms with Crippen LogP contribution in [0.3, 0.4) is 0 Å². The third-order valence-electron chi connectivity index (χ3n) is 2.99. The van der Waals surface area contributed by atoms with Gasteiger partial charge in [0.1, 0.15) is 0 Å². The maximum Gasteiger partial charge on any atom is 0.329 e. The van der Waals surface area contributed by atoms with Crippen LogP contribution in [0, 0.1) is 0 Å². The van der Waals surface area contributed by atoms with Crippen LogP contribution in [0.25, 0.3) is 11.2 Å². The van der Waals surface area contributed by atoms with Gasteiger partial charge in [0.2, 0.25) is 5.95 Å². The van der Waals surface area contributed by atoms with E-state index in [4.69, 9.17) is 0 Å². The first-order chi connectivity index (χ1) is 9.45. The summed E-state index contributed by atoms with van der Waals surface area (Å²) in [6.45, 7) is 4.56. The number of imidazole rings is 1. The molecule has 8 heteroatoms. The van der Waals surface area contributed by atoms with E-state index < -0.39 is 17.4 Å². The summed E-state index contributed by atoms with van der Waals surface area (Å²) in [5.74, 6) is 0.481. The second-order valence-electron chi connectivity index (χ2n) is 4.81. The molecule has 0 aliphatic carbocycles. The maximum absolute atomic E-state index is 12.0. The van der Waals surface area contributed by atoms with E-state index in [1.807, 2.05) is 6.92 Å². The maximum atomic E-state index is 12.0. The molecule has 0 bridgehead atoms. The van der Waals surface area contributed by atoms with Crippen molar-refractivity contribution in [3.05, 3.63) is 20.8 Å². The highest BCUT2D eigenvalue weighted by Crippen LogP contribution is 2.15. The van der Waals surface area contributed by atoms with Gasteiger partial charge in [0.15, 0.2) is 11.2 Å². The van der Waals surface area contributed by atoms with E-state index in [1.54, 1.807) is 18.5 Å². The van der Waals surface area contributed by atoms with Crippen LogP contribution in [-0.4, -0.2) is 36.9 Å². The van der Waals surface area contributed by atoms with E-state index in [1.165, 1.54) is 4.57 Å². The molecule has 0 aliphatic heterocycles. The van der Waals surface area contributed by atoms with Gasteiger partial charge in [0.05, 0.1) is 12.6 Å². The van der Waals surface area contributed by atoms with Crippen molar-refractivity contribution in [1.82, 2.24) is 19.1 Å². The Hall–Kier alpha value is -2.09. The monoisotopic (exact) mass is 281 g/mol. The third-order valence-corrected chi connectivity index (χ3v) is 2.99. The zero-order valence-electron chi connectivity index (χ0n) is 11.8. The standard InChI is InChI=1S/C12H19N5O3/c1-4-5-13-11-14-9-8(17(11)6-7(2)18)10(19)15-12(20)16(9)3/h7,18H,4-6H2,1-3H3,(H,13,14)(H,15,19,20). The zero-order chi connectivity index (χ0) is 14.9. The fourth-order valence-corrected chi connectivity index (χ4v) is 2.05. The number of aryl methyl sites for hydroxylation is 1. The SMILES string of the molecule is CCCNc1nc2c(c(=O)[nH]c(=O)n2C)n1CC(C)O. The number of aromatic nitrogens is 4. The number of aliphatic hydroxyl groups is 1. The second kappa shape index (κ2) is 5.49. The summed E-state index contributed by atoms with van der Waals surface area (Å²) in [6.07, 6.45) is 0.263. The highest BCUT2D eigenvalue weighted by molar-refractivity contribution is 5.74. The zero-order valence-corrected chi connectivity index (χ0v) is 11.8. The summed E-state index contributed by atoms with van der Waals surface area (Å²) < 4.78 is 2.89. The number of nitrogens with zero attached hydrogens (tertiary/aromatic N) is 3. The number of nitrogens with one attached hydrogen (secondary N) is 2. The first kappa shape index (κ1) is 14.3.